The number of nitrogens with one attached hydrogen (secondary N) is 1. The number of phenols is 2. The Kier molecular flexibility index (Phi) is 10.3. The Labute approximate surface area is 334 Å². The summed E-state index contributed by atoms with van der Waals surface area (Å²) in [5, 5.41) is 22.4. The van der Waals surface area contributed by atoms with Gasteiger partial charge in [0.2, 0.25) is 11.8 Å². The van der Waals surface area contributed by atoms with Crippen LogP contribution in [0.5, 0.6) is 11.5 Å². The van der Waals surface area contributed by atoms with Gasteiger partial charge in [-0.2, -0.15) is 0 Å². The third-order valence-corrected chi connectivity index (χ3v) is 13.2. The Morgan fingerprint density at radius 1 is 0.754 bits per heavy atom. The monoisotopic (exact) mass is 769 g/mol. The number of rotatable bonds is 9. The molecule has 3 unspecified atom stereocenters. The number of carbonyl (C=O) groups excluding carboxylic acids is 2. The van der Waals surface area contributed by atoms with Gasteiger partial charge in [-0.05, 0) is 132 Å². The molecule has 9 rings (SSSR count). The van der Waals surface area contributed by atoms with Crippen LogP contribution >= 0.6 is 0 Å². The molecule has 5 aliphatic heterocycles. The maximum atomic E-state index is 15.8. The number of nitrogens with zero attached hydrogens (tertiary/aromatic N) is 4. The summed E-state index contributed by atoms with van der Waals surface area (Å²) < 4.78 is 15.8. The second kappa shape index (κ2) is 15.6. The Morgan fingerprint density at radius 3 is 1.93 bits per heavy atom. The average molecular weight is 770 g/mol. The van der Waals surface area contributed by atoms with Gasteiger partial charge < -0.3 is 20.0 Å². The molecule has 2 bridgehead atoms. The molecule has 5 aliphatic rings. The minimum Gasteiger partial charge on any atom is -0.508 e. The summed E-state index contributed by atoms with van der Waals surface area (Å²) in [5.41, 5.74) is 9.50. The van der Waals surface area contributed by atoms with Crippen molar-refractivity contribution >= 4 is 34.3 Å². The number of amides is 2. The number of carbonyl (C=O) groups is 2. The van der Waals surface area contributed by atoms with Gasteiger partial charge in [0, 0.05) is 70.0 Å². The molecule has 10 heteroatoms. The van der Waals surface area contributed by atoms with E-state index in [1.165, 1.54) is 11.3 Å². The van der Waals surface area contributed by atoms with Gasteiger partial charge in [-0.1, -0.05) is 43.3 Å². The van der Waals surface area contributed by atoms with E-state index >= 15 is 4.39 Å². The molecule has 0 radical (unpaired) electrons. The molecule has 3 N–H and O–H groups in total. The summed E-state index contributed by atoms with van der Waals surface area (Å²) in [4.78, 5) is 33.8. The van der Waals surface area contributed by atoms with Crippen molar-refractivity contribution in [1.82, 2.24) is 15.1 Å². The second-order valence-electron chi connectivity index (χ2n) is 16.7. The van der Waals surface area contributed by atoms with Crippen LogP contribution in [0, 0.1) is 11.7 Å². The number of anilines is 2. The van der Waals surface area contributed by atoms with E-state index in [1.807, 2.05) is 30.3 Å². The van der Waals surface area contributed by atoms with Crippen LogP contribution in [0.15, 0.2) is 84.9 Å². The first-order valence-electron chi connectivity index (χ1n) is 20.8. The standard InChI is InChI=1S/C47H52FN5O4/c1-2-41(31-5-13-39(54)14-6-31)46(33-7-15-40(55)16-8-33)32-3-9-36(10-4-32)51-21-19-30(20-22-51)25-50-28-37-11-12-38(29-50)53(37)44-24-35-27-52(26-34(35)23-42(44)48)43-17-18-45(56)49-47(43)57/h3-10,13-16,23-24,30,37-38,43,54-55H,2,11-12,17-22,25-29H2,1H3,(H,49,56,57). The third kappa shape index (κ3) is 7.53. The largest absolute Gasteiger partial charge is 0.508 e. The summed E-state index contributed by atoms with van der Waals surface area (Å²) in [5.74, 6) is 0.491. The number of allylic oxidation sites excluding steroid dienone is 1. The van der Waals surface area contributed by atoms with Crippen molar-refractivity contribution < 1.29 is 24.2 Å². The molecule has 9 nitrogen and oxygen atoms in total. The summed E-state index contributed by atoms with van der Waals surface area (Å²) in [6, 6.07) is 27.7. The van der Waals surface area contributed by atoms with Gasteiger partial charge in [0.25, 0.3) is 0 Å². The lowest BCUT2D eigenvalue weighted by molar-refractivity contribution is -0.137. The van der Waals surface area contributed by atoms with Crippen LogP contribution < -0.4 is 15.1 Å². The van der Waals surface area contributed by atoms with Gasteiger partial charge in [-0.3, -0.25) is 24.7 Å². The van der Waals surface area contributed by atoms with Crippen molar-refractivity contribution in [3.8, 4) is 11.5 Å². The molecular weight excluding hydrogens is 718 g/mol. The number of hydrogen-bond donors (Lipinski definition) is 3. The van der Waals surface area contributed by atoms with E-state index in [0.717, 1.165) is 98.2 Å². The first-order chi connectivity index (χ1) is 27.7. The van der Waals surface area contributed by atoms with E-state index in [9.17, 15) is 19.8 Å². The first-order valence-corrected chi connectivity index (χ1v) is 20.8. The van der Waals surface area contributed by atoms with E-state index in [4.69, 9.17) is 0 Å². The van der Waals surface area contributed by atoms with Crippen LogP contribution in [-0.4, -0.2) is 82.7 Å². The number of aromatic hydroxyl groups is 2. The molecule has 296 valence electrons. The fourth-order valence-corrected chi connectivity index (χ4v) is 10.3. The highest BCUT2D eigenvalue weighted by Crippen LogP contribution is 2.41. The van der Waals surface area contributed by atoms with Crippen molar-refractivity contribution in [2.75, 3.05) is 42.5 Å². The number of imide groups is 1. The number of halogens is 1. The van der Waals surface area contributed by atoms with Crippen LogP contribution in [0.3, 0.4) is 0 Å². The van der Waals surface area contributed by atoms with Gasteiger partial charge in [0.1, 0.15) is 17.3 Å². The molecular formula is C47H52FN5O4. The maximum absolute atomic E-state index is 15.8. The molecule has 5 heterocycles. The van der Waals surface area contributed by atoms with Crippen molar-refractivity contribution in [3.63, 3.8) is 0 Å². The lowest BCUT2D eigenvalue weighted by atomic mass is 9.88. The summed E-state index contributed by atoms with van der Waals surface area (Å²) in [6.07, 6.45) is 6.10. The van der Waals surface area contributed by atoms with Crippen LogP contribution in [0.25, 0.3) is 11.1 Å². The van der Waals surface area contributed by atoms with Gasteiger partial charge in [-0.15, -0.1) is 0 Å². The third-order valence-electron chi connectivity index (χ3n) is 13.2. The summed E-state index contributed by atoms with van der Waals surface area (Å²) in [7, 11) is 0. The molecule has 0 aromatic heterocycles. The highest BCUT2D eigenvalue weighted by Gasteiger charge is 2.42. The molecule has 0 aliphatic carbocycles. The van der Waals surface area contributed by atoms with Crippen molar-refractivity contribution in [2.24, 2.45) is 5.92 Å². The molecule has 2 amide bonds. The number of hydrogen-bond acceptors (Lipinski definition) is 8. The predicted octanol–water partition coefficient (Wildman–Crippen LogP) is 7.30. The summed E-state index contributed by atoms with van der Waals surface area (Å²) >= 11 is 0. The lowest BCUT2D eigenvalue weighted by Crippen LogP contribution is -2.55. The van der Waals surface area contributed by atoms with Crippen LogP contribution in [-0.2, 0) is 22.7 Å². The van der Waals surface area contributed by atoms with Crippen LogP contribution in [0.2, 0.25) is 0 Å². The Balaban J connectivity index is 0.825. The van der Waals surface area contributed by atoms with Gasteiger partial charge >= 0.3 is 0 Å². The lowest BCUT2D eigenvalue weighted by Gasteiger charge is -2.44. The van der Waals surface area contributed by atoms with E-state index in [-0.39, 0.29) is 35.2 Å². The summed E-state index contributed by atoms with van der Waals surface area (Å²) in [6.45, 7) is 8.31. The number of fused-ring (bicyclic) bond motifs is 3. The minimum absolute atomic E-state index is 0.166. The van der Waals surface area contributed by atoms with Gasteiger partial charge in [0.15, 0.2) is 0 Å². The van der Waals surface area contributed by atoms with E-state index in [0.29, 0.717) is 49.6 Å². The van der Waals surface area contributed by atoms with Crippen LogP contribution in [0.1, 0.15) is 79.7 Å². The normalized spacial score (nSPS) is 23.4. The molecule has 3 atom stereocenters. The smallest absolute Gasteiger partial charge is 0.243 e. The molecule has 0 saturated carbocycles. The Bertz CT molecular complexity index is 2150. The minimum atomic E-state index is -0.348. The number of likely N-dealkylation sites (tertiary alicyclic amines) is 1. The Hall–Kier alpha value is -5.19. The van der Waals surface area contributed by atoms with E-state index in [1.54, 1.807) is 30.3 Å². The highest BCUT2D eigenvalue weighted by molar-refractivity contribution is 6.00. The number of benzene rings is 4. The molecule has 4 fully saturated rings. The highest BCUT2D eigenvalue weighted by atomic mass is 19.1. The van der Waals surface area contributed by atoms with Gasteiger partial charge in [-0.25, -0.2) is 4.39 Å². The number of piperazine rings is 1. The second-order valence-corrected chi connectivity index (χ2v) is 16.7. The molecule has 4 saturated heterocycles. The number of piperidine rings is 2. The van der Waals surface area contributed by atoms with Crippen molar-refractivity contribution in [3.05, 3.63) is 119 Å². The zero-order chi connectivity index (χ0) is 39.2. The number of phenolic OH excluding ortho intramolecular Hbond substituents is 2. The predicted molar refractivity (Wildman–Crippen MR) is 221 cm³/mol. The molecule has 4 aromatic carbocycles. The van der Waals surface area contributed by atoms with Gasteiger partial charge in [0.05, 0.1) is 11.7 Å². The topological polar surface area (TPSA) is 99.6 Å². The average Bonchev–Trinajstić information content (AvgIpc) is 3.74. The molecule has 4 aromatic rings. The van der Waals surface area contributed by atoms with Crippen molar-refractivity contribution in [1.29, 1.82) is 0 Å². The molecule has 57 heavy (non-hydrogen) atoms. The SMILES string of the molecule is CCC(=C(c1ccc(O)cc1)c1ccc(N2CCC(CN3CC4CCC(C3)N4c3cc4c(cc3F)CN(C3CCC(=O)NC3=O)C4)CC2)cc1)c1ccc(O)cc1. The quantitative estimate of drug-likeness (QED) is 0.121. The fourth-order valence-electron chi connectivity index (χ4n) is 10.3. The first kappa shape index (κ1) is 37.4. The van der Waals surface area contributed by atoms with Crippen molar-refractivity contribution in [2.45, 2.75) is 83.1 Å². The fraction of sp³-hybridized carbons (Fsp3) is 0.404. The zero-order valence-corrected chi connectivity index (χ0v) is 32.7. The molecule has 0 spiro atoms. The van der Waals surface area contributed by atoms with E-state index < -0.39 is 0 Å². The Morgan fingerprint density at radius 2 is 1.33 bits per heavy atom. The maximum Gasteiger partial charge on any atom is 0.243 e. The van der Waals surface area contributed by atoms with E-state index in [2.05, 4.69) is 56.1 Å². The zero-order valence-electron chi connectivity index (χ0n) is 32.7. The van der Waals surface area contributed by atoms with Crippen LogP contribution in [0.4, 0.5) is 15.8 Å².